The third-order valence-electron chi connectivity index (χ3n) is 2.87. The number of carboxylic acid groups (broad SMARTS) is 2. The topological polar surface area (TPSA) is 159 Å². The molecule has 0 fully saturated rings. The van der Waals surface area contributed by atoms with E-state index in [0.29, 0.717) is 0 Å². The van der Waals surface area contributed by atoms with Gasteiger partial charge in [0.15, 0.2) is 0 Å². The molecule has 132 valence electrons. The Balaban J connectivity index is 5.01. The van der Waals surface area contributed by atoms with Gasteiger partial charge in [-0.05, 0) is 12.3 Å². The SMILES string of the molecule is CC(C)C[C@H](NC(=O)[C@H](CC(=O)O)NC(=O)[C@@H](N)CS)C(=O)O. The molecule has 9 nitrogen and oxygen atoms in total. The highest BCUT2D eigenvalue weighted by Crippen LogP contribution is 2.06. The molecule has 0 aliphatic heterocycles. The van der Waals surface area contributed by atoms with Gasteiger partial charge >= 0.3 is 11.9 Å². The maximum absolute atomic E-state index is 12.1. The van der Waals surface area contributed by atoms with E-state index >= 15 is 0 Å². The summed E-state index contributed by atoms with van der Waals surface area (Å²) in [6.07, 6.45) is -0.518. The normalized spacial score (nSPS) is 14.7. The van der Waals surface area contributed by atoms with Gasteiger partial charge < -0.3 is 26.6 Å². The fourth-order valence-electron chi connectivity index (χ4n) is 1.71. The Morgan fingerprint density at radius 3 is 1.96 bits per heavy atom. The first kappa shape index (κ1) is 21.2. The summed E-state index contributed by atoms with van der Waals surface area (Å²) < 4.78 is 0. The van der Waals surface area contributed by atoms with Crippen LogP contribution in [0.4, 0.5) is 0 Å². The van der Waals surface area contributed by atoms with Crippen LogP contribution < -0.4 is 16.4 Å². The predicted molar refractivity (Wildman–Crippen MR) is 85.0 cm³/mol. The molecule has 2 amide bonds. The summed E-state index contributed by atoms with van der Waals surface area (Å²) in [6.45, 7) is 3.56. The zero-order valence-corrected chi connectivity index (χ0v) is 13.9. The summed E-state index contributed by atoms with van der Waals surface area (Å²) in [6, 6.07) is -3.59. The number of amides is 2. The van der Waals surface area contributed by atoms with E-state index in [4.69, 9.17) is 15.9 Å². The monoisotopic (exact) mass is 349 g/mol. The van der Waals surface area contributed by atoms with Crippen LogP contribution in [-0.2, 0) is 19.2 Å². The number of hydrogen-bond donors (Lipinski definition) is 6. The number of carbonyl (C=O) groups is 4. The van der Waals surface area contributed by atoms with Gasteiger partial charge in [0.25, 0.3) is 0 Å². The minimum Gasteiger partial charge on any atom is -0.481 e. The lowest BCUT2D eigenvalue weighted by Crippen LogP contribution is -2.55. The van der Waals surface area contributed by atoms with Gasteiger partial charge in [-0.1, -0.05) is 13.8 Å². The first-order chi connectivity index (χ1) is 10.6. The minimum absolute atomic E-state index is 0.00141. The van der Waals surface area contributed by atoms with Gasteiger partial charge in [0.05, 0.1) is 12.5 Å². The van der Waals surface area contributed by atoms with Crippen LogP contribution in [0.25, 0.3) is 0 Å². The van der Waals surface area contributed by atoms with E-state index in [0.717, 1.165) is 0 Å². The Morgan fingerprint density at radius 2 is 1.57 bits per heavy atom. The Bertz CT molecular complexity index is 457. The average Bonchev–Trinajstić information content (AvgIpc) is 2.43. The molecule has 0 rings (SSSR count). The summed E-state index contributed by atoms with van der Waals surface area (Å²) in [4.78, 5) is 45.8. The van der Waals surface area contributed by atoms with Crippen molar-refractivity contribution < 1.29 is 29.4 Å². The highest BCUT2D eigenvalue weighted by atomic mass is 32.1. The van der Waals surface area contributed by atoms with Crippen LogP contribution in [0.2, 0.25) is 0 Å². The second-order valence-corrected chi connectivity index (χ2v) is 5.84. The van der Waals surface area contributed by atoms with Gasteiger partial charge in [0.1, 0.15) is 12.1 Å². The maximum atomic E-state index is 12.1. The van der Waals surface area contributed by atoms with Crippen LogP contribution in [0.3, 0.4) is 0 Å². The van der Waals surface area contributed by atoms with Crippen molar-refractivity contribution in [3.8, 4) is 0 Å². The molecule has 0 aliphatic carbocycles. The van der Waals surface area contributed by atoms with Gasteiger partial charge in [-0.2, -0.15) is 12.6 Å². The van der Waals surface area contributed by atoms with Gasteiger partial charge in [-0.25, -0.2) is 4.79 Å². The Kier molecular flexibility index (Phi) is 9.27. The number of carbonyl (C=O) groups excluding carboxylic acids is 2. The Morgan fingerprint density at radius 1 is 1.04 bits per heavy atom. The first-order valence-corrected chi connectivity index (χ1v) is 7.63. The van der Waals surface area contributed by atoms with E-state index in [-0.39, 0.29) is 18.1 Å². The molecule has 0 aromatic heterocycles. The van der Waals surface area contributed by atoms with E-state index in [9.17, 15) is 19.2 Å². The Hall–Kier alpha value is -1.81. The van der Waals surface area contributed by atoms with Crippen LogP contribution in [0.5, 0.6) is 0 Å². The number of nitrogens with two attached hydrogens (primary N) is 1. The van der Waals surface area contributed by atoms with E-state index in [1.807, 2.05) is 0 Å². The van der Waals surface area contributed by atoms with E-state index in [2.05, 4.69) is 23.3 Å². The van der Waals surface area contributed by atoms with Crippen molar-refractivity contribution in [2.24, 2.45) is 11.7 Å². The van der Waals surface area contributed by atoms with Crippen LogP contribution in [-0.4, -0.2) is 57.8 Å². The molecule has 3 atom stereocenters. The van der Waals surface area contributed by atoms with E-state index in [1.54, 1.807) is 13.8 Å². The van der Waals surface area contributed by atoms with Crippen molar-refractivity contribution in [2.75, 3.05) is 5.75 Å². The third kappa shape index (κ3) is 8.41. The highest BCUT2D eigenvalue weighted by molar-refractivity contribution is 7.80. The van der Waals surface area contributed by atoms with Crippen LogP contribution in [0.1, 0.15) is 26.7 Å². The van der Waals surface area contributed by atoms with Gasteiger partial charge in [-0.3, -0.25) is 14.4 Å². The van der Waals surface area contributed by atoms with Crippen LogP contribution in [0.15, 0.2) is 0 Å². The fraction of sp³-hybridized carbons (Fsp3) is 0.692. The number of nitrogens with one attached hydrogen (secondary N) is 2. The predicted octanol–water partition coefficient (Wildman–Crippen LogP) is -1.18. The molecule has 0 aliphatic rings. The minimum atomic E-state index is -1.42. The van der Waals surface area contributed by atoms with Crippen LogP contribution >= 0.6 is 12.6 Å². The summed E-state index contributed by atoms with van der Waals surface area (Å²) in [5.74, 6) is -4.17. The van der Waals surface area contributed by atoms with Crippen molar-refractivity contribution in [2.45, 2.75) is 44.8 Å². The van der Waals surface area contributed by atoms with E-state index in [1.165, 1.54) is 0 Å². The average molecular weight is 349 g/mol. The molecule has 0 saturated heterocycles. The van der Waals surface area contributed by atoms with Crippen molar-refractivity contribution >= 4 is 36.4 Å². The zero-order valence-electron chi connectivity index (χ0n) is 13.0. The molecular weight excluding hydrogens is 326 g/mol. The maximum Gasteiger partial charge on any atom is 0.326 e. The molecule has 6 N–H and O–H groups in total. The van der Waals surface area contributed by atoms with Crippen molar-refractivity contribution in [3.05, 3.63) is 0 Å². The van der Waals surface area contributed by atoms with E-state index < -0.39 is 48.3 Å². The molecule has 0 unspecified atom stereocenters. The third-order valence-corrected chi connectivity index (χ3v) is 3.26. The van der Waals surface area contributed by atoms with Crippen molar-refractivity contribution in [3.63, 3.8) is 0 Å². The molecule has 0 heterocycles. The Labute approximate surface area is 139 Å². The van der Waals surface area contributed by atoms with Crippen molar-refractivity contribution in [1.29, 1.82) is 0 Å². The summed E-state index contributed by atoms with van der Waals surface area (Å²) in [7, 11) is 0. The van der Waals surface area contributed by atoms with Gasteiger partial charge in [0, 0.05) is 5.75 Å². The molecule has 0 aromatic carbocycles. The van der Waals surface area contributed by atoms with Gasteiger partial charge in [-0.15, -0.1) is 0 Å². The molecular formula is C13H23N3O6S. The highest BCUT2D eigenvalue weighted by Gasteiger charge is 2.29. The molecule has 0 spiro atoms. The molecule has 0 radical (unpaired) electrons. The summed E-state index contributed by atoms with van der Waals surface area (Å²) in [5.41, 5.74) is 5.45. The number of thiol groups is 1. The number of hydrogen-bond acceptors (Lipinski definition) is 6. The summed E-state index contributed by atoms with van der Waals surface area (Å²) in [5, 5.41) is 22.4. The number of rotatable bonds is 10. The molecule has 10 heteroatoms. The standard InChI is InChI=1S/C13H23N3O6S/c1-6(2)3-9(13(21)22)16-12(20)8(4-10(17)18)15-11(19)7(14)5-23/h6-9,23H,3-5,14H2,1-2H3,(H,15,19)(H,16,20)(H,17,18)(H,21,22)/t7-,8-,9-/m0/s1. The lowest BCUT2D eigenvalue weighted by Gasteiger charge is -2.22. The molecule has 0 bridgehead atoms. The summed E-state index contributed by atoms with van der Waals surface area (Å²) >= 11 is 3.84. The molecule has 0 aromatic rings. The van der Waals surface area contributed by atoms with Crippen LogP contribution in [0, 0.1) is 5.92 Å². The smallest absolute Gasteiger partial charge is 0.326 e. The fourth-order valence-corrected chi connectivity index (χ4v) is 1.88. The zero-order chi connectivity index (χ0) is 18.2. The first-order valence-electron chi connectivity index (χ1n) is 7.00. The lowest BCUT2D eigenvalue weighted by molar-refractivity contribution is -0.143. The quantitative estimate of drug-likeness (QED) is 0.271. The molecule has 0 saturated carbocycles. The number of aliphatic carboxylic acids is 2. The number of carboxylic acids is 2. The van der Waals surface area contributed by atoms with Crippen molar-refractivity contribution in [1.82, 2.24) is 10.6 Å². The molecule has 23 heavy (non-hydrogen) atoms. The lowest BCUT2D eigenvalue weighted by atomic mass is 10.0. The van der Waals surface area contributed by atoms with Gasteiger partial charge in [0.2, 0.25) is 11.8 Å². The largest absolute Gasteiger partial charge is 0.481 e. The second-order valence-electron chi connectivity index (χ2n) is 5.48. The second kappa shape index (κ2) is 10.1.